The Morgan fingerprint density at radius 2 is 1.89 bits per heavy atom. The predicted octanol–water partition coefficient (Wildman–Crippen LogP) is 4.65. The maximum atomic E-state index is 13.3. The second-order valence-electron chi connectivity index (χ2n) is 10.3. The number of likely N-dealkylation sites (tertiary alicyclic amines) is 1. The third kappa shape index (κ3) is 4.13. The highest BCUT2D eigenvalue weighted by atomic mass is 16.2. The SMILES string of the molecule is Cc1ccncc1C(=O)N1CCC(Cc2cncc(N3C(=O)c4ccc(C#N)cc4C3(C)C)c2)CC1. The molecule has 1 fully saturated rings. The van der Waals surface area contributed by atoms with E-state index in [1.807, 2.05) is 44.0 Å². The van der Waals surface area contributed by atoms with Gasteiger partial charge in [-0.1, -0.05) is 0 Å². The van der Waals surface area contributed by atoms with E-state index in [2.05, 4.69) is 22.1 Å². The molecule has 3 aromatic rings. The molecule has 0 saturated carbocycles. The Balaban J connectivity index is 1.28. The van der Waals surface area contributed by atoms with Gasteiger partial charge in [0.2, 0.25) is 0 Å². The summed E-state index contributed by atoms with van der Waals surface area (Å²) < 4.78 is 0. The number of benzene rings is 1. The van der Waals surface area contributed by atoms with Crippen molar-refractivity contribution in [2.45, 2.75) is 45.6 Å². The van der Waals surface area contributed by atoms with Gasteiger partial charge in [-0.2, -0.15) is 5.26 Å². The number of pyridine rings is 2. The number of aromatic nitrogens is 2. The molecule has 4 heterocycles. The van der Waals surface area contributed by atoms with E-state index in [1.54, 1.807) is 35.6 Å². The molecule has 1 saturated heterocycles. The molecule has 1 aromatic carbocycles. The molecular weight excluding hydrogens is 450 g/mol. The lowest BCUT2D eigenvalue weighted by molar-refractivity contribution is 0.0689. The van der Waals surface area contributed by atoms with Crippen LogP contribution in [0.1, 0.15) is 69.7 Å². The number of nitrogens with zero attached hydrogens (tertiary/aromatic N) is 5. The highest BCUT2D eigenvalue weighted by Gasteiger charge is 2.44. The molecule has 0 N–H and O–H groups in total. The second-order valence-corrected chi connectivity index (χ2v) is 10.3. The zero-order valence-electron chi connectivity index (χ0n) is 20.9. The number of hydrogen-bond donors (Lipinski definition) is 0. The zero-order valence-corrected chi connectivity index (χ0v) is 20.9. The van der Waals surface area contributed by atoms with Crippen LogP contribution in [-0.2, 0) is 12.0 Å². The summed E-state index contributed by atoms with van der Waals surface area (Å²) in [6, 6.07) is 11.3. The van der Waals surface area contributed by atoms with Crippen LogP contribution in [0.15, 0.2) is 55.1 Å². The number of amides is 2. The van der Waals surface area contributed by atoms with Gasteiger partial charge in [-0.05, 0) is 93.0 Å². The Kier molecular flexibility index (Phi) is 6.05. The monoisotopic (exact) mass is 479 g/mol. The van der Waals surface area contributed by atoms with Crippen LogP contribution in [0.5, 0.6) is 0 Å². The fourth-order valence-corrected chi connectivity index (χ4v) is 5.48. The predicted molar refractivity (Wildman–Crippen MR) is 137 cm³/mol. The van der Waals surface area contributed by atoms with Crippen molar-refractivity contribution >= 4 is 17.5 Å². The molecule has 2 aromatic heterocycles. The van der Waals surface area contributed by atoms with Crippen LogP contribution in [0, 0.1) is 24.2 Å². The van der Waals surface area contributed by atoms with E-state index in [0.717, 1.165) is 54.7 Å². The van der Waals surface area contributed by atoms with Crippen LogP contribution in [0.2, 0.25) is 0 Å². The number of piperidine rings is 1. The molecule has 0 spiro atoms. The summed E-state index contributed by atoms with van der Waals surface area (Å²) in [5.41, 5.74) is 4.92. The van der Waals surface area contributed by atoms with E-state index in [4.69, 9.17) is 0 Å². The van der Waals surface area contributed by atoms with Crippen molar-refractivity contribution in [3.05, 3.63) is 88.5 Å². The molecule has 0 unspecified atom stereocenters. The van der Waals surface area contributed by atoms with Gasteiger partial charge >= 0.3 is 0 Å². The number of carbonyl (C=O) groups is 2. The van der Waals surface area contributed by atoms with Gasteiger partial charge in [0, 0.05) is 37.2 Å². The lowest BCUT2D eigenvalue weighted by Gasteiger charge is -2.33. The molecule has 2 aliphatic rings. The average Bonchev–Trinajstić information content (AvgIpc) is 3.08. The fourth-order valence-electron chi connectivity index (χ4n) is 5.48. The first kappa shape index (κ1) is 23.7. The Bertz CT molecular complexity index is 1380. The van der Waals surface area contributed by atoms with E-state index >= 15 is 0 Å². The Morgan fingerprint density at radius 3 is 2.61 bits per heavy atom. The number of hydrogen-bond acceptors (Lipinski definition) is 5. The first-order chi connectivity index (χ1) is 17.3. The molecule has 5 rings (SSSR count). The minimum absolute atomic E-state index is 0.0524. The van der Waals surface area contributed by atoms with Crippen LogP contribution in [0.25, 0.3) is 0 Å². The topological polar surface area (TPSA) is 90.2 Å². The Hall–Kier alpha value is -4.05. The number of carbonyl (C=O) groups excluding carboxylic acids is 2. The van der Waals surface area contributed by atoms with Crippen molar-refractivity contribution in [3.8, 4) is 6.07 Å². The fraction of sp³-hybridized carbons (Fsp3) is 0.345. The quantitative estimate of drug-likeness (QED) is 0.543. The van der Waals surface area contributed by atoms with E-state index in [1.165, 1.54) is 0 Å². The first-order valence-electron chi connectivity index (χ1n) is 12.3. The average molecular weight is 480 g/mol. The van der Waals surface area contributed by atoms with Gasteiger partial charge in [0.05, 0.1) is 34.6 Å². The van der Waals surface area contributed by atoms with E-state index in [9.17, 15) is 14.9 Å². The van der Waals surface area contributed by atoms with Crippen molar-refractivity contribution in [3.63, 3.8) is 0 Å². The standard InChI is InChI=1S/C29H29N5O2/c1-19-6-9-31-18-25(19)27(35)33-10-7-20(8-11-33)12-22-13-23(17-32-16-22)34-28(36)24-5-4-21(15-30)14-26(24)29(34,2)3/h4-6,9,13-14,16-18,20H,7-8,10-12H2,1-3H3. The summed E-state index contributed by atoms with van der Waals surface area (Å²) in [6.45, 7) is 7.38. The Morgan fingerprint density at radius 1 is 1.11 bits per heavy atom. The molecule has 0 radical (unpaired) electrons. The molecule has 7 nitrogen and oxygen atoms in total. The number of nitriles is 1. The van der Waals surface area contributed by atoms with Crippen molar-refractivity contribution < 1.29 is 9.59 Å². The largest absolute Gasteiger partial charge is 0.339 e. The van der Waals surface area contributed by atoms with E-state index < -0.39 is 5.54 Å². The van der Waals surface area contributed by atoms with E-state index in [0.29, 0.717) is 22.6 Å². The van der Waals surface area contributed by atoms with Crippen molar-refractivity contribution in [2.75, 3.05) is 18.0 Å². The smallest absolute Gasteiger partial charge is 0.259 e. The lowest BCUT2D eigenvalue weighted by Crippen LogP contribution is -2.39. The van der Waals surface area contributed by atoms with Gasteiger partial charge in [0.1, 0.15) is 0 Å². The molecule has 0 bridgehead atoms. The number of rotatable bonds is 4. The van der Waals surface area contributed by atoms with Gasteiger partial charge in [0.25, 0.3) is 11.8 Å². The van der Waals surface area contributed by atoms with Crippen LogP contribution in [0.3, 0.4) is 0 Å². The number of fused-ring (bicyclic) bond motifs is 1. The molecule has 0 atom stereocenters. The lowest BCUT2D eigenvalue weighted by atomic mass is 9.90. The minimum atomic E-state index is -0.588. The normalized spacial score (nSPS) is 17.1. The first-order valence-corrected chi connectivity index (χ1v) is 12.3. The van der Waals surface area contributed by atoms with E-state index in [-0.39, 0.29) is 11.8 Å². The summed E-state index contributed by atoms with van der Waals surface area (Å²) in [7, 11) is 0. The second kappa shape index (κ2) is 9.19. The van der Waals surface area contributed by atoms with Crippen LogP contribution < -0.4 is 4.90 Å². The molecular formula is C29H29N5O2. The summed E-state index contributed by atoms with van der Waals surface area (Å²) in [5.74, 6) is 0.423. The third-order valence-electron chi connectivity index (χ3n) is 7.53. The molecule has 7 heteroatoms. The summed E-state index contributed by atoms with van der Waals surface area (Å²) >= 11 is 0. The van der Waals surface area contributed by atoms with Crippen LogP contribution in [0.4, 0.5) is 5.69 Å². The maximum absolute atomic E-state index is 13.3. The highest BCUT2D eigenvalue weighted by molar-refractivity contribution is 6.12. The maximum Gasteiger partial charge on any atom is 0.259 e. The number of anilines is 1. The van der Waals surface area contributed by atoms with Gasteiger partial charge in [-0.3, -0.25) is 24.5 Å². The molecule has 2 aliphatic heterocycles. The summed E-state index contributed by atoms with van der Waals surface area (Å²) in [6.07, 6.45) is 9.66. The van der Waals surface area contributed by atoms with Gasteiger partial charge in [-0.15, -0.1) is 0 Å². The van der Waals surface area contributed by atoms with Crippen molar-refractivity contribution in [2.24, 2.45) is 5.92 Å². The third-order valence-corrected chi connectivity index (χ3v) is 7.53. The minimum Gasteiger partial charge on any atom is -0.339 e. The summed E-state index contributed by atoms with van der Waals surface area (Å²) in [5, 5.41) is 9.31. The van der Waals surface area contributed by atoms with Gasteiger partial charge in [-0.25, -0.2) is 0 Å². The molecule has 2 amide bonds. The van der Waals surface area contributed by atoms with Crippen molar-refractivity contribution in [1.82, 2.24) is 14.9 Å². The number of aryl methyl sites for hydroxylation is 1. The van der Waals surface area contributed by atoms with Gasteiger partial charge in [0.15, 0.2) is 0 Å². The molecule has 182 valence electrons. The van der Waals surface area contributed by atoms with Crippen LogP contribution in [-0.4, -0.2) is 39.8 Å². The molecule has 36 heavy (non-hydrogen) atoms. The summed E-state index contributed by atoms with van der Waals surface area (Å²) in [4.78, 5) is 38.5. The highest BCUT2D eigenvalue weighted by Crippen LogP contribution is 2.42. The van der Waals surface area contributed by atoms with Crippen LogP contribution >= 0.6 is 0 Å². The van der Waals surface area contributed by atoms with Crippen molar-refractivity contribution in [1.29, 1.82) is 5.26 Å². The Labute approximate surface area is 211 Å². The molecule has 0 aliphatic carbocycles. The van der Waals surface area contributed by atoms with Gasteiger partial charge < -0.3 is 4.90 Å². The zero-order chi connectivity index (χ0) is 25.4.